The van der Waals surface area contributed by atoms with Gasteiger partial charge in [0.05, 0.1) is 18.3 Å². The summed E-state index contributed by atoms with van der Waals surface area (Å²) >= 11 is 1.44. The summed E-state index contributed by atoms with van der Waals surface area (Å²) in [6.45, 7) is 1.51. The fraction of sp³-hybridized carbons (Fsp3) is 0.316. The normalized spacial score (nSPS) is 16.1. The number of aryl methyl sites for hydroxylation is 1. The standard InChI is InChI=1S/C19H19N3O3S/c23-17(5-7-22-12-21-18-15(19(22)24)6-8-26-18)20-10-13-9-14-3-1-2-4-16(14)25-11-13/h1-4,6,8,12-13H,5,7,9-11H2,(H,20,23)/t13-/m0/s1. The molecule has 1 atom stereocenters. The first-order valence-corrected chi connectivity index (χ1v) is 9.49. The number of nitrogens with zero attached hydrogens (tertiary/aromatic N) is 2. The van der Waals surface area contributed by atoms with Crippen LogP contribution in [0.3, 0.4) is 0 Å². The molecule has 4 rings (SSSR count). The Morgan fingerprint density at radius 1 is 1.35 bits per heavy atom. The monoisotopic (exact) mass is 369 g/mol. The number of carbonyl (C=O) groups excluding carboxylic acids is 1. The number of carbonyl (C=O) groups is 1. The lowest BCUT2D eigenvalue weighted by molar-refractivity contribution is -0.121. The predicted molar refractivity (Wildman–Crippen MR) is 101 cm³/mol. The molecule has 3 heterocycles. The van der Waals surface area contributed by atoms with Crippen LogP contribution in [0, 0.1) is 5.92 Å². The number of fused-ring (bicyclic) bond motifs is 2. The highest BCUT2D eigenvalue weighted by Gasteiger charge is 2.20. The van der Waals surface area contributed by atoms with E-state index in [-0.39, 0.29) is 23.8 Å². The minimum absolute atomic E-state index is 0.0684. The summed E-state index contributed by atoms with van der Waals surface area (Å²) in [6.07, 6.45) is 2.66. The molecule has 0 bridgehead atoms. The highest BCUT2D eigenvalue weighted by atomic mass is 32.1. The van der Waals surface area contributed by atoms with E-state index in [2.05, 4.69) is 16.4 Å². The van der Waals surface area contributed by atoms with Crippen LogP contribution in [0.1, 0.15) is 12.0 Å². The molecular formula is C19H19N3O3S. The Morgan fingerprint density at radius 3 is 3.15 bits per heavy atom. The lowest BCUT2D eigenvalue weighted by Gasteiger charge is -2.25. The molecule has 0 saturated carbocycles. The van der Waals surface area contributed by atoms with Crippen LogP contribution in [-0.2, 0) is 17.8 Å². The van der Waals surface area contributed by atoms with Crippen molar-refractivity contribution in [2.45, 2.75) is 19.4 Å². The summed E-state index contributed by atoms with van der Waals surface area (Å²) < 4.78 is 7.24. The van der Waals surface area contributed by atoms with Crippen molar-refractivity contribution in [1.29, 1.82) is 0 Å². The second kappa shape index (κ2) is 7.29. The van der Waals surface area contributed by atoms with Crippen molar-refractivity contribution >= 4 is 27.5 Å². The summed E-state index contributed by atoms with van der Waals surface area (Å²) in [5.74, 6) is 1.13. The summed E-state index contributed by atoms with van der Waals surface area (Å²) in [4.78, 5) is 29.4. The van der Waals surface area contributed by atoms with Crippen molar-refractivity contribution < 1.29 is 9.53 Å². The van der Waals surface area contributed by atoms with E-state index in [4.69, 9.17) is 4.74 Å². The number of thiophene rings is 1. The number of aromatic nitrogens is 2. The van der Waals surface area contributed by atoms with Crippen molar-refractivity contribution in [1.82, 2.24) is 14.9 Å². The summed E-state index contributed by atoms with van der Waals surface area (Å²) in [5.41, 5.74) is 1.08. The van der Waals surface area contributed by atoms with Crippen LogP contribution in [0.15, 0.2) is 46.8 Å². The molecule has 1 aromatic carbocycles. The summed E-state index contributed by atoms with van der Waals surface area (Å²) in [6, 6.07) is 9.76. The molecule has 0 radical (unpaired) electrons. The maximum atomic E-state index is 12.3. The third-order valence-electron chi connectivity index (χ3n) is 4.57. The van der Waals surface area contributed by atoms with Gasteiger partial charge in [0.15, 0.2) is 0 Å². The zero-order chi connectivity index (χ0) is 17.9. The van der Waals surface area contributed by atoms with Crippen LogP contribution in [0.5, 0.6) is 5.75 Å². The van der Waals surface area contributed by atoms with Crippen LogP contribution in [0.2, 0.25) is 0 Å². The molecule has 1 amide bonds. The van der Waals surface area contributed by atoms with Crippen LogP contribution in [-0.4, -0.2) is 28.6 Å². The fourth-order valence-electron chi connectivity index (χ4n) is 3.14. The Bertz CT molecular complexity index is 995. The number of ether oxygens (including phenoxy) is 1. The molecule has 1 aliphatic heterocycles. The Kier molecular flexibility index (Phi) is 4.71. The molecule has 2 aromatic heterocycles. The van der Waals surface area contributed by atoms with Crippen LogP contribution in [0.4, 0.5) is 0 Å². The number of nitrogens with one attached hydrogen (secondary N) is 1. The lowest BCUT2D eigenvalue weighted by Crippen LogP contribution is -2.35. The summed E-state index contributed by atoms with van der Waals surface area (Å²) in [5, 5.41) is 5.41. The third kappa shape index (κ3) is 3.48. The average molecular weight is 369 g/mol. The number of hydrogen-bond acceptors (Lipinski definition) is 5. The largest absolute Gasteiger partial charge is 0.493 e. The van der Waals surface area contributed by atoms with E-state index in [0.29, 0.717) is 25.1 Å². The molecule has 26 heavy (non-hydrogen) atoms. The van der Waals surface area contributed by atoms with E-state index in [1.807, 2.05) is 23.6 Å². The van der Waals surface area contributed by atoms with Gasteiger partial charge in [0.2, 0.25) is 5.91 Å². The molecule has 0 saturated heterocycles. The van der Waals surface area contributed by atoms with E-state index in [1.165, 1.54) is 27.8 Å². The Morgan fingerprint density at radius 2 is 2.23 bits per heavy atom. The maximum Gasteiger partial charge on any atom is 0.262 e. The molecule has 0 unspecified atom stereocenters. The third-order valence-corrected chi connectivity index (χ3v) is 5.39. The molecule has 0 spiro atoms. The van der Waals surface area contributed by atoms with Gasteiger partial charge in [-0.2, -0.15) is 0 Å². The number of hydrogen-bond donors (Lipinski definition) is 1. The van der Waals surface area contributed by atoms with Crippen LogP contribution < -0.4 is 15.6 Å². The number of benzene rings is 1. The van der Waals surface area contributed by atoms with E-state index in [1.54, 1.807) is 6.07 Å². The highest BCUT2D eigenvalue weighted by molar-refractivity contribution is 7.16. The van der Waals surface area contributed by atoms with Crippen LogP contribution in [0.25, 0.3) is 10.2 Å². The van der Waals surface area contributed by atoms with Gasteiger partial charge < -0.3 is 10.1 Å². The van der Waals surface area contributed by atoms with Gasteiger partial charge in [-0.05, 0) is 29.5 Å². The van der Waals surface area contributed by atoms with Gasteiger partial charge in [-0.15, -0.1) is 11.3 Å². The second-order valence-electron chi connectivity index (χ2n) is 6.43. The Labute approximate surface area is 154 Å². The quantitative estimate of drug-likeness (QED) is 0.748. The second-order valence-corrected chi connectivity index (χ2v) is 7.32. The fourth-order valence-corrected chi connectivity index (χ4v) is 3.87. The Balaban J connectivity index is 1.29. The van der Waals surface area contributed by atoms with Crippen molar-refractivity contribution in [2.75, 3.05) is 13.2 Å². The first kappa shape index (κ1) is 16.8. The smallest absolute Gasteiger partial charge is 0.262 e. The minimum atomic E-state index is -0.0960. The van der Waals surface area contributed by atoms with Crippen molar-refractivity contribution in [3.63, 3.8) is 0 Å². The minimum Gasteiger partial charge on any atom is -0.493 e. The van der Waals surface area contributed by atoms with Gasteiger partial charge in [0, 0.05) is 25.4 Å². The van der Waals surface area contributed by atoms with E-state index in [9.17, 15) is 9.59 Å². The SMILES string of the molecule is O=C(CCn1cnc2sccc2c1=O)NC[C@H]1COc2ccccc2C1. The van der Waals surface area contributed by atoms with Gasteiger partial charge in [0.25, 0.3) is 5.56 Å². The number of para-hydroxylation sites is 1. The Hall–Kier alpha value is -2.67. The first-order valence-electron chi connectivity index (χ1n) is 8.61. The maximum absolute atomic E-state index is 12.3. The van der Waals surface area contributed by atoms with E-state index < -0.39 is 0 Å². The zero-order valence-electron chi connectivity index (χ0n) is 14.2. The number of amides is 1. The zero-order valence-corrected chi connectivity index (χ0v) is 15.0. The first-order chi connectivity index (χ1) is 12.7. The molecule has 0 aliphatic carbocycles. The van der Waals surface area contributed by atoms with Gasteiger partial charge >= 0.3 is 0 Å². The van der Waals surface area contributed by atoms with Crippen molar-refractivity contribution in [3.05, 3.63) is 58.0 Å². The van der Waals surface area contributed by atoms with E-state index >= 15 is 0 Å². The molecule has 134 valence electrons. The van der Waals surface area contributed by atoms with Gasteiger partial charge in [0.1, 0.15) is 10.6 Å². The highest BCUT2D eigenvalue weighted by Crippen LogP contribution is 2.26. The topological polar surface area (TPSA) is 73.2 Å². The molecule has 0 fully saturated rings. The van der Waals surface area contributed by atoms with Gasteiger partial charge in [-0.3, -0.25) is 14.2 Å². The van der Waals surface area contributed by atoms with Gasteiger partial charge in [-0.25, -0.2) is 4.98 Å². The molecular weight excluding hydrogens is 350 g/mol. The molecule has 1 aliphatic rings. The summed E-state index contributed by atoms with van der Waals surface area (Å²) in [7, 11) is 0. The predicted octanol–water partition coefficient (Wildman–Crippen LogP) is 2.22. The molecule has 6 nitrogen and oxygen atoms in total. The van der Waals surface area contributed by atoms with E-state index in [0.717, 1.165) is 17.0 Å². The van der Waals surface area contributed by atoms with Crippen molar-refractivity contribution in [3.8, 4) is 5.75 Å². The number of rotatable bonds is 5. The van der Waals surface area contributed by atoms with Crippen molar-refractivity contribution in [2.24, 2.45) is 5.92 Å². The molecule has 7 heteroatoms. The molecule has 1 N–H and O–H groups in total. The lowest BCUT2D eigenvalue weighted by atomic mass is 9.97. The average Bonchev–Trinajstić information content (AvgIpc) is 3.15. The molecule has 3 aromatic rings. The van der Waals surface area contributed by atoms with Gasteiger partial charge in [-0.1, -0.05) is 18.2 Å². The van der Waals surface area contributed by atoms with Crippen LogP contribution >= 0.6 is 11.3 Å².